The summed E-state index contributed by atoms with van der Waals surface area (Å²) in [5.41, 5.74) is 4.81. The average molecular weight is 464 g/mol. The molecule has 0 atom stereocenters. The van der Waals surface area contributed by atoms with Crippen LogP contribution in [-0.2, 0) is 19.7 Å². The molecule has 0 aliphatic heterocycles. The van der Waals surface area contributed by atoms with Crippen molar-refractivity contribution in [3.63, 3.8) is 0 Å². The molecule has 0 amide bonds. The lowest BCUT2D eigenvalue weighted by atomic mass is 10.1. The summed E-state index contributed by atoms with van der Waals surface area (Å²) >= 11 is 0. The fourth-order valence-corrected chi connectivity index (χ4v) is 6.77. The zero-order chi connectivity index (χ0) is 23.4. The van der Waals surface area contributed by atoms with Gasteiger partial charge in [0.1, 0.15) is 0 Å². The molecule has 0 N–H and O–H groups in total. The number of aryl methyl sites for hydroxylation is 1. The van der Waals surface area contributed by atoms with Crippen molar-refractivity contribution >= 4 is 25.9 Å². The van der Waals surface area contributed by atoms with E-state index >= 15 is 0 Å². The van der Waals surface area contributed by atoms with Crippen LogP contribution in [0.1, 0.15) is 39.2 Å². The number of unbranched alkanes of at least 4 members (excludes halogenated alkanes) is 1. The molecule has 0 aliphatic rings. The molecule has 0 bridgehead atoms. The van der Waals surface area contributed by atoms with Gasteiger partial charge in [0, 0.05) is 42.9 Å². The van der Waals surface area contributed by atoms with Gasteiger partial charge >= 0.3 is 8.80 Å². The maximum absolute atomic E-state index is 5.98. The maximum atomic E-state index is 5.98. The highest BCUT2D eigenvalue weighted by Crippen LogP contribution is 2.34. The van der Waals surface area contributed by atoms with Gasteiger partial charge < -0.3 is 18.2 Å². The third-order valence-corrected chi connectivity index (χ3v) is 8.67. The molecule has 3 aromatic carbocycles. The summed E-state index contributed by atoms with van der Waals surface area (Å²) in [6.07, 6.45) is 3.16. The van der Waals surface area contributed by atoms with Crippen molar-refractivity contribution in [1.29, 1.82) is 0 Å². The SMILES string of the molecule is CCO[Si](CCCCc1ccc(N(c2ccccc2)c2ccccc2)cc1)(OCC)OCC. The Balaban J connectivity index is 1.64. The van der Waals surface area contributed by atoms with Gasteiger partial charge in [0.2, 0.25) is 0 Å². The molecular formula is C28H37NO3Si. The predicted molar refractivity (Wildman–Crippen MR) is 140 cm³/mol. The fourth-order valence-electron chi connectivity index (χ4n) is 4.08. The summed E-state index contributed by atoms with van der Waals surface area (Å²) in [5.74, 6) is 0. The predicted octanol–water partition coefficient (Wildman–Crippen LogP) is 7.53. The summed E-state index contributed by atoms with van der Waals surface area (Å²) < 4.78 is 17.9. The monoisotopic (exact) mass is 463 g/mol. The highest BCUT2D eigenvalue weighted by molar-refractivity contribution is 6.60. The Bertz CT molecular complexity index is 862. The molecule has 5 heteroatoms. The van der Waals surface area contributed by atoms with Crippen LogP contribution < -0.4 is 4.90 Å². The Kier molecular flexibility index (Phi) is 10.2. The highest BCUT2D eigenvalue weighted by Gasteiger charge is 2.39. The first kappa shape index (κ1) is 25.2. The van der Waals surface area contributed by atoms with Crippen LogP contribution in [0.5, 0.6) is 0 Å². The number of hydrogen-bond acceptors (Lipinski definition) is 4. The number of anilines is 3. The topological polar surface area (TPSA) is 30.9 Å². The Morgan fingerprint density at radius 1 is 0.576 bits per heavy atom. The van der Waals surface area contributed by atoms with Crippen LogP contribution in [0.3, 0.4) is 0 Å². The smallest absolute Gasteiger partial charge is 0.374 e. The van der Waals surface area contributed by atoms with E-state index < -0.39 is 8.80 Å². The van der Waals surface area contributed by atoms with Gasteiger partial charge in [0.25, 0.3) is 0 Å². The normalized spacial score (nSPS) is 11.5. The second-order valence-electron chi connectivity index (χ2n) is 7.86. The zero-order valence-corrected chi connectivity index (χ0v) is 21.2. The first-order valence-electron chi connectivity index (χ1n) is 12.1. The quantitative estimate of drug-likeness (QED) is 0.183. The molecular weight excluding hydrogens is 426 g/mol. The van der Waals surface area contributed by atoms with Crippen LogP contribution in [0.25, 0.3) is 0 Å². The lowest BCUT2D eigenvalue weighted by Crippen LogP contribution is -2.45. The van der Waals surface area contributed by atoms with Crippen LogP contribution in [-0.4, -0.2) is 28.6 Å². The van der Waals surface area contributed by atoms with Crippen LogP contribution in [0, 0.1) is 0 Å². The Morgan fingerprint density at radius 2 is 1.03 bits per heavy atom. The highest BCUT2D eigenvalue weighted by atomic mass is 28.4. The van der Waals surface area contributed by atoms with Crippen LogP contribution >= 0.6 is 0 Å². The molecule has 0 fully saturated rings. The molecule has 0 aliphatic carbocycles. The number of benzene rings is 3. The largest absolute Gasteiger partial charge is 0.500 e. The minimum Gasteiger partial charge on any atom is -0.374 e. The fraction of sp³-hybridized carbons (Fsp3) is 0.357. The van der Waals surface area contributed by atoms with E-state index in [0.717, 1.165) is 42.4 Å². The van der Waals surface area contributed by atoms with Crippen LogP contribution in [0.2, 0.25) is 6.04 Å². The molecule has 176 valence electrons. The second-order valence-corrected chi connectivity index (χ2v) is 10.6. The molecule has 0 unspecified atom stereocenters. The van der Waals surface area contributed by atoms with E-state index in [9.17, 15) is 0 Å². The zero-order valence-electron chi connectivity index (χ0n) is 20.2. The molecule has 4 nitrogen and oxygen atoms in total. The second kappa shape index (κ2) is 13.3. The van der Waals surface area contributed by atoms with Crippen molar-refractivity contribution in [2.75, 3.05) is 24.7 Å². The first-order valence-corrected chi connectivity index (χ1v) is 14.1. The van der Waals surface area contributed by atoms with E-state index in [4.69, 9.17) is 13.3 Å². The van der Waals surface area contributed by atoms with Crippen molar-refractivity contribution in [2.45, 2.75) is 46.1 Å². The standard InChI is InChI=1S/C28H37NO3Si/c1-4-30-33(31-5-2,32-6-3)24-14-13-15-25-20-22-28(23-21-25)29(26-16-9-7-10-17-26)27-18-11-8-12-19-27/h7-12,16-23H,4-6,13-15,24H2,1-3H3. The molecule has 0 aromatic heterocycles. The van der Waals surface area contributed by atoms with Crippen LogP contribution in [0.15, 0.2) is 84.9 Å². The number of para-hydroxylation sites is 2. The van der Waals surface area contributed by atoms with E-state index in [1.807, 2.05) is 20.8 Å². The minimum atomic E-state index is -2.54. The molecule has 0 radical (unpaired) electrons. The van der Waals surface area contributed by atoms with Crippen molar-refractivity contribution < 1.29 is 13.3 Å². The van der Waals surface area contributed by atoms with E-state index in [-0.39, 0.29) is 0 Å². The van der Waals surface area contributed by atoms with Gasteiger partial charge in [-0.2, -0.15) is 0 Å². The lowest BCUT2D eigenvalue weighted by molar-refractivity contribution is 0.0707. The maximum Gasteiger partial charge on any atom is 0.500 e. The van der Waals surface area contributed by atoms with Crippen molar-refractivity contribution in [1.82, 2.24) is 0 Å². The minimum absolute atomic E-state index is 0.632. The number of nitrogens with zero attached hydrogens (tertiary/aromatic N) is 1. The Labute approximate surface area is 200 Å². The summed E-state index contributed by atoms with van der Waals surface area (Å²) in [6.45, 7) is 7.92. The third kappa shape index (κ3) is 7.27. The summed E-state index contributed by atoms with van der Waals surface area (Å²) in [5, 5.41) is 0. The molecule has 0 saturated carbocycles. The molecule has 3 aromatic rings. The van der Waals surface area contributed by atoms with Gasteiger partial charge in [-0.1, -0.05) is 48.5 Å². The lowest BCUT2D eigenvalue weighted by Gasteiger charge is -2.28. The molecule has 0 saturated heterocycles. The Hall–Kier alpha value is -2.44. The number of hydrogen-bond donors (Lipinski definition) is 0. The van der Waals surface area contributed by atoms with E-state index in [0.29, 0.717) is 19.8 Å². The van der Waals surface area contributed by atoms with Gasteiger partial charge in [0.15, 0.2) is 0 Å². The first-order chi connectivity index (χ1) is 16.2. The summed E-state index contributed by atoms with van der Waals surface area (Å²) in [4.78, 5) is 2.29. The van der Waals surface area contributed by atoms with Gasteiger partial charge in [-0.05, 0) is 82.0 Å². The molecule has 33 heavy (non-hydrogen) atoms. The van der Waals surface area contributed by atoms with E-state index in [2.05, 4.69) is 89.8 Å². The molecule has 0 spiro atoms. The van der Waals surface area contributed by atoms with Gasteiger partial charge in [-0.25, -0.2) is 0 Å². The molecule has 0 heterocycles. The summed E-state index contributed by atoms with van der Waals surface area (Å²) in [6, 6.07) is 30.8. The van der Waals surface area contributed by atoms with Gasteiger partial charge in [-0.15, -0.1) is 0 Å². The average Bonchev–Trinajstić information content (AvgIpc) is 2.85. The third-order valence-electron chi connectivity index (χ3n) is 5.51. The van der Waals surface area contributed by atoms with Crippen molar-refractivity contribution in [3.05, 3.63) is 90.5 Å². The number of rotatable bonds is 14. The van der Waals surface area contributed by atoms with Gasteiger partial charge in [-0.3, -0.25) is 0 Å². The Morgan fingerprint density at radius 3 is 1.48 bits per heavy atom. The molecule has 3 rings (SSSR count). The van der Waals surface area contributed by atoms with Gasteiger partial charge in [0.05, 0.1) is 0 Å². The van der Waals surface area contributed by atoms with Crippen molar-refractivity contribution in [3.8, 4) is 0 Å². The van der Waals surface area contributed by atoms with E-state index in [1.165, 1.54) is 5.56 Å². The summed E-state index contributed by atoms with van der Waals surface area (Å²) in [7, 11) is -2.54. The van der Waals surface area contributed by atoms with Crippen molar-refractivity contribution in [2.24, 2.45) is 0 Å². The van der Waals surface area contributed by atoms with Crippen LogP contribution in [0.4, 0.5) is 17.1 Å². The van der Waals surface area contributed by atoms with E-state index in [1.54, 1.807) is 0 Å².